The van der Waals surface area contributed by atoms with E-state index in [1.807, 2.05) is 0 Å². The Morgan fingerprint density at radius 1 is 1.24 bits per heavy atom. The lowest BCUT2D eigenvalue weighted by Crippen LogP contribution is -1.80. The van der Waals surface area contributed by atoms with E-state index >= 15 is 0 Å². The third kappa shape index (κ3) is 3.00. The van der Waals surface area contributed by atoms with Gasteiger partial charge >= 0.3 is 0 Å². The summed E-state index contributed by atoms with van der Waals surface area (Å²) >= 11 is 9.01. The molecule has 0 unspecified atom stereocenters. The normalized spacial score (nSPS) is 11.2. The monoisotopic (exact) mass is 307 g/mol. The van der Waals surface area contributed by atoms with Crippen molar-refractivity contribution in [1.82, 2.24) is 0 Å². The molecule has 2 rings (SSSR count). The Morgan fingerprint density at radius 3 is 2.47 bits per heavy atom. The van der Waals surface area contributed by atoms with Gasteiger partial charge in [0.1, 0.15) is 5.76 Å². The van der Waals surface area contributed by atoms with Gasteiger partial charge in [-0.15, -0.1) is 0 Å². The molecule has 0 amide bonds. The lowest BCUT2D eigenvalue weighted by molar-refractivity contribution is 0.532. The first-order valence-corrected chi connectivity index (χ1v) is 5.99. The molecule has 84 valence electrons. The molecule has 2 aromatic rings. The predicted molar refractivity (Wildman–Crippen MR) is 71.3 cm³/mol. The molecule has 0 aliphatic rings. The van der Waals surface area contributed by atoms with Gasteiger partial charge in [0.15, 0.2) is 4.67 Å². The summed E-state index contributed by atoms with van der Waals surface area (Å²) < 4.78 is 5.96. The molecular formula is C13H7BrClNO. The Balaban J connectivity index is 2.37. The average molecular weight is 309 g/mol. The summed E-state index contributed by atoms with van der Waals surface area (Å²) in [5, 5.41) is 9.76. The van der Waals surface area contributed by atoms with Crippen molar-refractivity contribution in [3.8, 4) is 6.07 Å². The third-order valence-corrected chi connectivity index (χ3v) is 2.83. The maximum absolute atomic E-state index is 9.11. The first-order valence-electron chi connectivity index (χ1n) is 4.82. The lowest BCUT2D eigenvalue weighted by atomic mass is 10.1. The molecule has 1 aromatic carbocycles. The van der Waals surface area contributed by atoms with Crippen LogP contribution in [0, 0.1) is 11.3 Å². The molecule has 0 radical (unpaired) electrons. The van der Waals surface area contributed by atoms with Gasteiger partial charge in [0.2, 0.25) is 0 Å². The van der Waals surface area contributed by atoms with Gasteiger partial charge in [0, 0.05) is 5.02 Å². The van der Waals surface area contributed by atoms with Crippen LogP contribution in [0.4, 0.5) is 0 Å². The summed E-state index contributed by atoms with van der Waals surface area (Å²) in [7, 11) is 0. The fourth-order valence-electron chi connectivity index (χ4n) is 1.36. The maximum Gasteiger partial charge on any atom is 0.169 e. The van der Waals surface area contributed by atoms with E-state index in [-0.39, 0.29) is 0 Å². The van der Waals surface area contributed by atoms with Gasteiger partial charge in [0.25, 0.3) is 0 Å². The fourth-order valence-corrected chi connectivity index (χ4v) is 1.80. The zero-order valence-corrected chi connectivity index (χ0v) is 11.0. The van der Waals surface area contributed by atoms with Crippen LogP contribution >= 0.6 is 27.5 Å². The van der Waals surface area contributed by atoms with Gasteiger partial charge in [-0.2, -0.15) is 5.26 Å². The molecule has 0 atom stereocenters. The lowest BCUT2D eigenvalue weighted by Gasteiger charge is -1.98. The standard InChI is InChI=1S/C13H7BrClNO/c14-13-6-5-12(17-13)7-10(8-16)9-1-3-11(15)4-2-9/h1-7H/b10-7-. The highest BCUT2D eigenvalue weighted by atomic mass is 79.9. The number of furan rings is 1. The van der Waals surface area contributed by atoms with Crippen molar-refractivity contribution in [2.45, 2.75) is 0 Å². The van der Waals surface area contributed by atoms with Crippen LogP contribution in [0.2, 0.25) is 5.02 Å². The predicted octanol–water partition coefficient (Wildman–Crippen LogP) is 4.76. The first-order chi connectivity index (χ1) is 8.19. The molecule has 0 N–H and O–H groups in total. The van der Waals surface area contributed by atoms with E-state index in [0.717, 1.165) is 5.56 Å². The zero-order chi connectivity index (χ0) is 12.3. The van der Waals surface area contributed by atoms with E-state index in [9.17, 15) is 0 Å². The van der Waals surface area contributed by atoms with E-state index in [1.54, 1.807) is 42.5 Å². The van der Waals surface area contributed by atoms with Crippen molar-refractivity contribution in [2.24, 2.45) is 0 Å². The Hall–Kier alpha value is -1.50. The van der Waals surface area contributed by atoms with Crippen molar-refractivity contribution in [2.75, 3.05) is 0 Å². The number of nitrogens with zero attached hydrogens (tertiary/aromatic N) is 1. The number of rotatable bonds is 2. The Morgan fingerprint density at radius 2 is 1.94 bits per heavy atom. The molecule has 1 heterocycles. The maximum atomic E-state index is 9.11. The fraction of sp³-hybridized carbons (Fsp3) is 0. The molecular weight excluding hydrogens is 302 g/mol. The van der Waals surface area contributed by atoms with Crippen molar-refractivity contribution >= 4 is 39.2 Å². The molecule has 0 saturated heterocycles. The van der Waals surface area contributed by atoms with E-state index in [4.69, 9.17) is 21.3 Å². The number of hydrogen-bond acceptors (Lipinski definition) is 2. The van der Waals surface area contributed by atoms with Crippen LogP contribution in [0.5, 0.6) is 0 Å². The molecule has 0 saturated carbocycles. The largest absolute Gasteiger partial charge is 0.450 e. The highest BCUT2D eigenvalue weighted by Gasteiger charge is 2.03. The molecule has 0 bridgehead atoms. The minimum atomic E-state index is 0.531. The Labute approximate surface area is 112 Å². The molecule has 0 aliphatic carbocycles. The van der Waals surface area contributed by atoms with Crippen LogP contribution in [-0.2, 0) is 0 Å². The van der Waals surface area contributed by atoms with Gasteiger partial charge in [-0.05, 0) is 51.8 Å². The van der Waals surface area contributed by atoms with Gasteiger partial charge < -0.3 is 4.42 Å². The molecule has 0 fully saturated rings. The second-order valence-electron chi connectivity index (χ2n) is 3.32. The molecule has 2 nitrogen and oxygen atoms in total. The Bertz CT molecular complexity index is 593. The van der Waals surface area contributed by atoms with Crippen LogP contribution in [-0.4, -0.2) is 0 Å². The van der Waals surface area contributed by atoms with Gasteiger partial charge in [-0.1, -0.05) is 23.7 Å². The number of hydrogen-bond donors (Lipinski definition) is 0. The van der Waals surface area contributed by atoms with E-state index < -0.39 is 0 Å². The van der Waals surface area contributed by atoms with Crippen molar-refractivity contribution in [3.05, 3.63) is 57.4 Å². The van der Waals surface area contributed by atoms with E-state index in [0.29, 0.717) is 21.0 Å². The number of nitriles is 1. The van der Waals surface area contributed by atoms with Crippen molar-refractivity contribution < 1.29 is 4.42 Å². The summed E-state index contributed by atoms with van der Waals surface area (Å²) in [5.74, 6) is 0.628. The van der Waals surface area contributed by atoms with Gasteiger partial charge in [-0.25, -0.2) is 0 Å². The van der Waals surface area contributed by atoms with Crippen LogP contribution in [0.15, 0.2) is 45.5 Å². The first kappa shape index (κ1) is 12.0. The second kappa shape index (κ2) is 5.22. The molecule has 4 heteroatoms. The topological polar surface area (TPSA) is 36.9 Å². The minimum Gasteiger partial charge on any atom is -0.450 e. The average Bonchev–Trinajstić information content (AvgIpc) is 2.73. The van der Waals surface area contributed by atoms with Gasteiger partial charge in [-0.3, -0.25) is 0 Å². The molecule has 17 heavy (non-hydrogen) atoms. The van der Waals surface area contributed by atoms with Crippen LogP contribution in [0.25, 0.3) is 11.6 Å². The van der Waals surface area contributed by atoms with E-state index in [1.165, 1.54) is 0 Å². The van der Waals surface area contributed by atoms with Crippen LogP contribution in [0.1, 0.15) is 11.3 Å². The minimum absolute atomic E-state index is 0.531. The summed E-state index contributed by atoms with van der Waals surface area (Å²) in [6.07, 6.45) is 1.69. The van der Waals surface area contributed by atoms with Gasteiger partial charge in [0.05, 0.1) is 11.6 Å². The Kier molecular flexibility index (Phi) is 3.68. The SMILES string of the molecule is N#C/C(=C/c1ccc(Br)o1)c1ccc(Cl)cc1. The van der Waals surface area contributed by atoms with Crippen molar-refractivity contribution in [1.29, 1.82) is 5.26 Å². The van der Waals surface area contributed by atoms with E-state index in [2.05, 4.69) is 22.0 Å². The summed E-state index contributed by atoms with van der Waals surface area (Å²) in [5.41, 5.74) is 1.34. The van der Waals surface area contributed by atoms with Crippen LogP contribution < -0.4 is 0 Å². The summed E-state index contributed by atoms with van der Waals surface area (Å²) in [6.45, 7) is 0. The smallest absolute Gasteiger partial charge is 0.169 e. The van der Waals surface area contributed by atoms with Crippen LogP contribution in [0.3, 0.4) is 0 Å². The third-order valence-electron chi connectivity index (χ3n) is 2.16. The quantitative estimate of drug-likeness (QED) is 0.750. The number of benzene rings is 1. The summed E-state index contributed by atoms with van der Waals surface area (Å²) in [6, 6.07) is 12.8. The highest BCUT2D eigenvalue weighted by molar-refractivity contribution is 9.10. The highest BCUT2D eigenvalue weighted by Crippen LogP contribution is 2.22. The summed E-state index contributed by atoms with van der Waals surface area (Å²) in [4.78, 5) is 0. The molecule has 1 aromatic heterocycles. The second-order valence-corrected chi connectivity index (χ2v) is 4.54. The molecule has 0 aliphatic heterocycles. The number of halogens is 2. The zero-order valence-electron chi connectivity index (χ0n) is 8.65. The number of allylic oxidation sites excluding steroid dienone is 1. The molecule has 0 spiro atoms. The van der Waals surface area contributed by atoms with Crippen molar-refractivity contribution in [3.63, 3.8) is 0 Å².